The molecule has 0 radical (unpaired) electrons. The summed E-state index contributed by atoms with van der Waals surface area (Å²) >= 11 is 0. The van der Waals surface area contributed by atoms with Crippen LogP contribution in [0.15, 0.2) is 23.1 Å². The van der Waals surface area contributed by atoms with Crippen LogP contribution in [-0.4, -0.2) is 23.1 Å². The summed E-state index contributed by atoms with van der Waals surface area (Å²) in [5, 5.41) is 5.95. The zero-order valence-electron chi connectivity index (χ0n) is 11.1. The van der Waals surface area contributed by atoms with Crippen molar-refractivity contribution in [2.45, 2.75) is 37.8 Å². The zero-order valence-corrected chi connectivity index (χ0v) is 11.1. The molecule has 2 bridgehead atoms. The van der Waals surface area contributed by atoms with Crippen LogP contribution >= 0.6 is 0 Å². The second-order valence-corrected chi connectivity index (χ2v) is 5.75. The molecule has 3 fully saturated rings. The molecular formula is C14H19N3O2. The Morgan fingerprint density at radius 1 is 1.53 bits per heavy atom. The van der Waals surface area contributed by atoms with Crippen molar-refractivity contribution in [1.82, 2.24) is 9.88 Å². The quantitative estimate of drug-likeness (QED) is 0.848. The largest absolute Gasteiger partial charge is 0.384 e. The highest BCUT2D eigenvalue weighted by atomic mass is 16.2. The maximum Gasteiger partial charge on any atom is 0.274 e. The lowest BCUT2D eigenvalue weighted by molar-refractivity contribution is -0.124. The van der Waals surface area contributed by atoms with E-state index in [0.717, 1.165) is 25.2 Å². The van der Waals surface area contributed by atoms with E-state index in [-0.39, 0.29) is 23.6 Å². The molecule has 2 N–H and O–H groups in total. The van der Waals surface area contributed by atoms with Gasteiger partial charge in [0.15, 0.2) is 0 Å². The molecule has 1 amide bonds. The summed E-state index contributed by atoms with van der Waals surface area (Å²) in [7, 11) is 1.70. The third kappa shape index (κ3) is 2.13. The number of anilines is 1. The van der Waals surface area contributed by atoms with E-state index >= 15 is 0 Å². The van der Waals surface area contributed by atoms with E-state index in [1.54, 1.807) is 25.4 Å². The number of nitrogens with zero attached hydrogens (tertiary/aromatic N) is 1. The number of hydrogen-bond acceptors (Lipinski definition) is 3. The number of amides is 1. The molecule has 3 saturated carbocycles. The normalized spacial score (nSPS) is 27.7. The Balaban J connectivity index is 1.68. The molecule has 0 atom stereocenters. The zero-order chi connectivity index (χ0) is 13.5. The Labute approximate surface area is 112 Å². The van der Waals surface area contributed by atoms with Gasteiger partial charge in [-0.2, -0.15) is 0 Å². The summed E-state index contributed by atoms with van der Waals surface area (Å²) in [4.78, 5) is 24.0. The summed E-state index contributed by atoms with van der Waals surface area (Å²) in [6.45, 7) is 0.0980. The highest BCUT2D eigenvalue weighted by Crippen LogP contribution is 2.51. The van der Waals surface area contributed by atoms with Crippen molar-refractivity contribution in [2.24, 2.45) is 5.92 Å². The minimum Gasteiger partial charge on any atom is -0.384 e. The molecule has 0 aliphatic heterocycles. The number of fused-ring (bicyclic) bond motifs is 1. The topological polar surface area (TPSA) is 63.1 Å². The molecule has 0 saturated heterocycles. The van der Waals surface area contributed by atoms with Gasteiger partial charge in [-0.25, -0.2) is 0 Å². The predicted octanol–water partition coefficient (Wildman–Crippen LogP) is 0.949. The number of hydrogen-bond donors (Lipinski definition) is 2. The molecule has 0 aromatic carbocycles. The third-order valence-corrected chi connectivity index (χ3v) is 4.40. The van der Waals surface area contributed by atoms with E-state index in [0.29, 0.717) is 5.69 Å². The van der Waals surface area contributed by atoms with Crippen molar-refractivity contribution in [2.75, 3.05) is 12.4 Å². The molecule has 5 nitrogen and oxygen atoms in total. The molecule has 1 aromatic rings. The SMILES string of the molecule is CNc1cccn(CC(=O)NC23CCC(C2)C3)c1=O. The first-order chi connectivity index (χ1) is 9.12. The number of rotatable bonds is 4. The maximum absolute atomic E-state index is 12.1. The second kappa shape index (κ2) is 4.40. The molecule has 0 unspecified atom stereocenters. The van der Waals surface area contributed by atoms with Crippen LogP contribution in [0.3, 0.4) is 0 Å². The van der Waals surface area contributed by atoms with E-state index in [4.69, 9.17) is 0 Å². The summed E-state index contributed by atoms with van der Waals surface area (Å²) in [5.41, 5.74) is 0.403. The standard InChI is InChI=1S/C14H19N3O2/c1-15-11-3-2-6-17(13(11)19)9-12(18)16-14-5-4-10(7-14)8-14/h2-3,6,10,15H,4-5,7-9H2,1H3,(H,16,18). The predicted molar refractivity (Wildman–Crippen MR) is 73.1 cm³/mol. The fourth-order valence-electron chi connectivity index (χ4n) is 3.44. The monoisotopic (exact) mass is 261 g/mol. The van der Waals surface area contributed by atoms with Crippen LogP contribution in [-0.2, 0) is 11.3 Å². The highest BCUT2D eigenvalue weighted by Gasteiger charge is 2.50. The fourth-order valence-corrected chi connectivity index (χ4v) is 3.44. The molecule has 1 aromatic heterocycles. The van der Waals surface area contributed by atoms with Crippen molar-refractivity contribution in [1.29, 1.82) is 0 Å². The van der Waals surface area contributed by atoms with Gasteiger partial charge in [-0.3, -0.25) is 9.59 Å². The number of aromatic nitrogens is 1. The van der Waals surface area contributed by atoms with Gasteiger partial charge in [0.2, 0.25) is 5.91 Å². The average molecular weight is 261 g/mol. The van der Waals surface area contributed by atoms with E-state index in [2.05, 4.69) is 10.6 Å². The van der Waals surface area contributed by atoms with E-state index in [1.165, 1.54) is 11.0 Å². The first kappa shape index (κ1) is 12.3. The lowest BCUT2D eigenvalue weighted by atomic mass is 9.77. The number of carbonyl (C=O) groups excluding carboxylic acids is 1. The van der Waals surface area contributed by atoms with E-state index < -0.39 is 0 Å². The van der Waals surface area contributed by atoms with Gasteiger partial charge in [0, 0.05) is 18.8 Å². The summed E-state index contributed by atoms with van der Waals surface area (Å²) in [6, 6.07) is 3.48. The Morgan fingerprint density at radius 3 is 2.95 bits per heavy atom. The molecular weight excluding hydrogens is 242 g/mol. The van der Waals surface area contributed by atoms with Gasteiger partial charge in [0.25, 0.3) is 5.56 Å². The molecule has 5 heteroatoms. The third-order valence-electron chi connectivity index (χ3n) is 4.40. The van der Waals surface area contributed by atoms with Gasteiger partial charge in [-0.15, -0.1) is 0 Å². The van der Waals surface area contributed by atoms with Crippen molar-refractivity contribution in [3.05, 3.63) is 28.7 Å². The minimum absolute atomic E-state index is 0.0476. The van der Waals surface area contributed by atoms with Crippen molar-refractivity contribution in [3.63, 3.8) is 0 Å². The van der Waals surface area contributed by atoms with Crippen LogP contribution in [0.5, 0.6) is 0 Å². The fraction of sp³-hybridized carbons (Fsp3) is 0.571. The lowest BCUT2D eigenvalue weighted by Gasteiger charge is -2.39. The smallest absolute Gasteiger partial charge is 0.274 e. The van der Waals surface area contributed by atoms with E-state index in [1.807, 2.05) is 0 Å². The van der Waals surface area contributed by atoms with Gasteiger partial charge in [-0.1, -0.05) is 0 Å². The summed E-state index contributed by atoms with van der Waals surface area (Å²) in [6.07, 6.45) is 6.21. The Kier molecular flexibility index (Phi) is 2.84. The number of nitrogens with one attached hydrogen (secondary N) is 2. The molecule has 0 spiro atoms. The van der Waals surface area contributed by atoms with Crippen molar-refractivity contribution >= 4 is 11.6 Å². The second-order valence-electron chi connectivity index (χ2n) is 5.75. The molecule has 1 heterocycles. The van der Waals surface area contributed by atoms with Crippen LogP contribution in [0.4, 0.5) is 5.69 Å². The van der Waals surface area contributed by atoms with Crippen LogP contribution in [0.1, 0.15) is 25.7 Å². The Morgan fingerprint density at radius 2 is 2.32 bits per heavy atom. The molecule has 4 rings (SSSR count). The van der Waals surface area contributed by atoms with Gasteiger partial charge in [0.05, 0.1) is 0 Å². The van der Waals surface area contributed by atoms with Gasteiger partial charge in [-0.05, 0) is 43.7 Å². The maximum atomic E-state index is 12.1. The summed E-state index contributed by atoms with van der Waals surface area (Å²) < 4.78 is 1.45. The Bertz CT molecular complexity index is 553. The first-order valence-corrected chi connectivity index (χ1v) is 6.80. The molecule has 19 heavy (non-hydrogen) atoms. The van der Waals surface area contributed by atoms with Crippen LogP contribution in [0.2, 0.25) is 0 Å². The van der Waals surface area contributed by atoms with Crippen molar-refractivity contribution in [3.8, 4) is 0 Å². The van der Waals surface area contributed by atoms with Gasteiger partial charge in [0.1, 0.15) is 12.2 Å². The molecule has 3 aliphatic carbocycles. The summed E-state index contributed by atoms with van der Waals surface area (Å²) in [5.74, 6) is 0.756. The van der Waals surface area contributed by atoms with Crippen LogP contribution < -0.4 is 16.2 Å². The number of carbonyl (C=O) groups is 1. The Hall–Kier alpha value is -1.78. The van der Waals surface area contributed by atoms with Crippen molar-refractivity contribution < 1.29 is 4.79 Å². The molecule has 3 aliphatic rings. The van der Waals surface area contributed by atoms with Gasteiger partial charge >= 0.3 is 0 Å². The highest BCUT2D eigenvalue weighted by molar-refractivity contribution is 5.77. The molecule has 102 valence electrons. The van der Waals surface area contributed by atoms with E-state index in [9.17, 15) is 9.59 Å². The lowest BCUT2D eigenvalue weighted by Crippen LogP contribution is -2.53. The van der Waals surface area contributed by atoms with Gasteiger partial charge < -0.3 is 15.2 Å². The first-order valence-electron chi connectivity index (χ1n) is 6.80. The minimum atomic E-state index is -0.157. The number of pyridine rings is 1. The van der Waals surface area contributed by atoms with Crippen LogP contribution in [0.25, 0.3) is 0 Å². The van der Waals surface area contributed by atoms with Crippen LogP contribution in [0, 0.1) is 5.92 Å². The average Bonchev–Trinajstić information content (AvgIpc) is 2.91.